The summed E-state index contributed by atoms with van der Waals surface area (Å²) in [7, 11) is 2.22. The van der Waals surface area contributed by atoms with E-state index in [2.05, 4.69) is 33.0 Å². The number of aromatic nitrogens is 2. The monoisotopic (exact) mass is 400 g/mol. The second kappa shape index (κ2) is 7.78. The van der Waals surface area contributed by atoms with Crippen molar-refractivity contribution in [1.82, 2.24) is 9.55 Å². The molecule has 3 aromatic rings. The van der Waals surface area contributed by atoms with E-state index in [4.69, 9.17) is 4.98 Å². The third kappa shape index (κ3) is 3.58. The Morgan fingerprint density at radius 2 is 2.07 bits per heavy atom. The number of fused-ring (bicyclic) bond motifs is 3. The van der Waals surface area contributed by atoms with E-state index in [1.54, 1.807) is 23.1 Å². The van der Waals surface area contributed by atoms with Gasteiger partial charge in [-0.2, -0.15) is 0 Å². The van der Waals surface area contributed by atoms with Crippen molar-refractivity contribution in [3.8, 4) is 5.69 Å². The predicted octanol–water partition coefficient (Wildman–Crippen LogP) is 3.22. The molecule has 1 N–H and O–H groups in total. The van der Waals surface area contributed by atoms with Crippen molar-refractivity contribution < 1.29 is 4.90 Å². The van der Waals surface area contributed by atoms with E-state index in [-0.39, 0.29) is 5.56 Å². The number of benzene rings is 1. The molecule has 1 aliphatic rings. The Labute approximate surface area is 168 Å². The Hall–Kier alpha value is -1.63. The molecule has 1 atom stereocenters. The summed E-state index contributed by atoms with van der Waals surface area (Å²) >= 11 is 3.42. The third-order valence-corrected chi connectivity index (χ3v) is 7.31. The Morgan fingerprint density at radius 1 is 1.30 bits per heavy atom. The van der Waals surface area contributed by atoms with Crippen molar-refractivity contribution in [1.29, 1.82) is 0 Å². The molecule has 6 heteroatoms. The van der Waals surface area contributed by atoms with Crippen molar-refractivity contribution in [2.24, 2.45) is 0 Å². The van der Waals surface area contributed by atoms with Gasteiger partial charge in [-0.15, -0.1) is 11.3 Å². The first-order valence-electron chi connectivity index (χ1n) is 9.67. The van der Waals surface area contributed by atoms with E-state index in [9.17, 15) is 4.79 Å². The van der Waals surface area contributed by atoms with Crippen LogP contribution in [0.5, 0.6) is 0 Å². The molecule has 0 spiro atoms. The number of aryl methyl sites for hydroxylation is 1. The number of quaternary nitrogens is 1. The van der Waals surface area contributed by atoms with Crippen LogP contribution in [0.25, 0.3) is 15.9 Å². The number of hydrogen-bond acceptors (Lipinski definition) is 4. The standard InChI is InChI=1S/C21H25N3OS2/c1-4-5-12-26-21-22-19-18(16-10-11-23(3)13-17(16)27-19)20(25)24(21)15-8-6-14(2)7-9-15/h6-9H,4-5,10-13H2,1-3H3/p+1. The lowest BCUT2D eigenvalue weighted by Gasteiger charge is -2.19. The number of rotatable bonds is 5. The Morgan fingerprint density at radius 3 is 2.81 bits per heavy atom. The molecule has 0 saturated heterocycles. The molecule has 1 aliphatic heterocycles. The first-order valence-corrected chi connectivity index (χ1v) is 11.5. The Bertz CT molecular complexity index is 1020. The minimum absolute atomic E-state index is 0.0971. The molecule has 0 aliphatic carbocycles. The predicted molar refractivity (Wildman–Crippen MR) is 115 cm³/mol. The quantitative estimate of drug-likeness (QED) is 0.406. The molecule has 1 unspecified atom stereocenters. The molecular formula is C21H26N3OS2+. The van der Waals surface area contributed by atoms with Crippen LogP contribution in [0.15, 0.2) is 34.2 Å². The summed E-state index contributed by atoms with van der Waals surface area (Å²) in [5.74, 6) is 0.984. The highest BCUT2D eigenvalue weighted by atomic mass is 32.2. The number of hydrogen-bond donors (Lipinski definition) is 1. The lowest BCUT2D eigenvalue weighted by Crippen LogP contribution is -3.08. The van der Waals surface area contributed by atoms with E-state index < -0.39 is 0 Å². The van der Waals surface area contributed by atoms with E-state index in [0.29, 0.717) is 0 Å². The van der Waals surface area contributed by atoms with E-state index >= 15 is 0 Å². The Balaban J connectivity index is 1.92. The van der Waals surface area contributed by atoms with Crippen LogP contribution in [0.1, 0.15) is 35.8 Å². The van der Waals surface area contributed by atoms with Gasteiger partial charge < -0.3 is 4.90 Å². The lowest BCUT2D eigenvalue weighted by atomic mass is 10.1. The molecule has 4 nitrogen and oxygen atoms in total. The van der Waals surface area contributed by atoms with Crippen LogP contribution in [0.4, 0.5) is 0 Å². The van der Waals surface area contributed by atoms with Crippen LogP contribution in [0.3, 0.4) is 0 Å². The molecule has 1 aromatic carbocycles. The average Bonchev–Trinajstić information content (AvgIpc) is 3.00. The van der Waals surface area contributed by atoms with E-state index in [1.165, 1.54) is 20.9 Å². The van der Waals surface area contributed by atoms with Crippen molar-refractivity contribution in [2.75, 3.05) is 19.3 Å². The van der Waals surface area contributed by atoms with Gasteiger partial charge in [-0.25, -0.2) is 4.98 Å². The minimum Gasteiger partial charge on any atom is -0.333 e. The van der Waals surface area contributed by atoms with Gasteiger partial charge in [0.15, 0.2) is 5.16 Å². The zero-order valence-electron chi connectivity index (χ0n) is 16.2. The molecule has 0 saturated carbocycles. The van der Waals surface area contributed by atoms with Gasteiger partial charge in [0, 0.05) is 12.2 Å². The van der Waals surface area contributed by atoms with Crippen LogP contribution in [-0.4, -0.2) is 28.9 Å². The number of unbranched alkanes of at least 4 members (excludes halogenated alkanes) is 1. The molecule has 4 rings (SSSR count). The topological polar surface area (TPSA) is 39.3 Å². The van der Waals surface area contributed by atoms with Crippen molar-refractivity contribution in [2.45, 2.75) is 44.8 Å². The maximum absolute atomic E-state index is 13.6. The van der Waals surface area contributed by atoms with Gasteiger partial charge in [0.05, 0.1) is 29.5 Å². The fraction of sp³-hybridized carbons (Fsp3) is 0.429. The van der Waals surface area contributed by atoms with Gasteiger partial charge in [-0.3, -0.25) is 9.36 Å². The van der Waals surface area contributed by atoms with E-state index in [0.717, 1.165) is 59.2 Å². The average molecular weight is 401 g/mol. The molecule has 27 heavy (non-hydrogen) atoms. The highest BCUT2D eigenvalue weighted by molar-refractivity contribution is 7.99. The largest absolute Gasteiger partial charge is 0.333 e. The maximum Gasteiger partial charge on any atom is 0.267 e. The minimum atomic E-state index is 0.0971. The zero-order chi connectivity index (χ0) is 19.0. The van der Waals surface area contributed by atoms with Crippen LogP contribution < -0.4 is 10.5 Å². The summed E-state index contributed by atoms with van der Waals surface area (Å²) in [4.78, 5) is 22.3. The molecule has 0 amide bonds. The first kappa shape index (κ1) is 18.7. The second-order valence-corrected chi connectivity index (χ2v) is 9.54. The molecule has 3 heterocycles. The normalized spacial score (nSPS) is 16.6. The summed E-state index contributed by atoms with van der Waals surface area (Å²) in [6.07, 6.45) is 3.24. The summed E-state index contributed by atoms with van der Waals surface area (Å²) in [5.41, 5.74) is 3.45. The number of thiophene rings is 1. The maximum atomic E-state index is 13.6. The highest BCUT2D eigenvalue weighted by Gasteiger charge is 2.26. The van der Waals surface area contributed by atoms with Gasteiger partial charge in [-0.1, -0.05) is 42.8 Å². The summed E-state index contributed by atoms with van der Waals surface area (Å²) in [5, 5.41) is 1.67. The summed E-state index contributed by atoms with van der Waals surface area (Å²) in [6.45, 7) is 6.34. The SMILES string of the molecule is CCCCSc1nc2sc3c(c2c(=O)n1-c1ccc(C)cc1)CC[NH+](C)C3. The van der Waals surface area contributed by atoms with Gasteiger partial charge >= 0.3 is 0 Å². The Kier molecular flexibility index (Phi) is 5.39. The van der Waals surface area contributed by atoms with E-state index in [1.807, 2.05) is 16.7 Å². The number of thioether (sulfide) groups is 1. The van der Waals surface area contributed by atoms with Crippen LogP contribution >= 0.6 is 23.1 Å². The fourth-order valence-electron chi connectivity index (χ4n) is 3.57. The first-order chi connectivity index (χ1) is 13.1. The van der Waals surface area contributed by atoms with Gasteiger partial charge in [0.1, 0.15) is 11.4 Å². The van der Waals surface area contributed by atoms with Gasteiger partial charge in [-0.05, 0) is 31.0 Å². The zero-order valence-corrected chi connectivity index (χ0v) is 17.8. The molecular weight excluding hydrogens is 374 g/mol. The molecule has 0 radical (unpaired) electrons. The fourth-order valence-corrected chi connectivity index (χ4v) is 6.04. The van der Waals surface area contributed by atoms with Crippen LogP contribution in [-0.2, 0) is 13.0 Å². The van der Waals surface area contributed by atoms with Crippen LogP contribution in [0, 0.1) is 6.92 Å². The number of nitrogens with zero attached hydrogens (tertiary/aromatic N) is 2. The van der Waals surface area contributed by atoms with Crippen molar-refractivity contribution in [3.05, 3.63) is 50.6 Å². The van der Waals surface area contributed by atoms with Gasteiger partial charge in [0.25, 0.3) is 5.56 Å². The van der Waals surface area contributed by atoms with Crippen molar-refractivity contribution in [3.63, 3.8) is 0 Å². The third-order valence-electron chi connectivity index (χ3n) is 5.16. The highest BCUT2D eigenvalue weighted by Crippen LogP contribution is 2.31. The smallest absolute Gasteiger partial charge is 0.267 e. The molecule has 2 aromatic heterocycles. The molecule has 0 bridgehead atoms. The summed E-state index contributed by atoms with van der Waals surface area (Å²) in [6, 6.07) is 8.19. The second-order valence-electron chi connectivity index (χ2n) is 7.39. The van der Waals surface area contributed by atoms with Crippen molar-refractivity contribution >= 4 is 33.3 Å². The molecule has 142 valence electrons. The van der Waals surface area contributed by atoms with Gasteiger partial charge in [0.2, 0.25) is 0 Å². The molecule has 0 fully saturated rings. The van der Waals surface area contributed by atoms with Crippen LogP contribution in [0.2, 0.25) is 0 Å². The lowest BCUT2D eigenvalue weighted by molar-refractivity contribution is -0.895. The summed E-state index contributed by atoms with van der Waals surface area (Å²) < 4.78 is 1.83. The number of nitrogens with one attached hydrogen (secondary N) is 1. The number of likely N-dealkylation sites (N-methyl/N-ethyl adjacent to an activating group) is 1.